The van der Waals surface area contributed by atoms with Crippen LogP contribution in [0.15, 0.2) is 47.4 Å². The van der Waals surface area contributed by atoms with Crippen molar-refractivity contribution in [2.45, 2.75) is 17.9 Å². The Labute approximate surface area is 165 Å². The molecule has 0 saturated carbocycles. The van der Waals surface area contributed by atoms with E-state index in [1.165, 1.54) is 11.8 Å². The maximum atomic E-state index is 12.2. The van der Waals surface area contributed by atoms with Crippen molar-refractivity contribution in [2.24, 2.45) is 0 Å². The third-order valence-corrected chi connectivity index (χ3v) is 5.26. The van der Waals surface area contributed by atoms with Gasteiger partial charge in [0.1, 0.15) is 0 Å². The highest BCUT2D eigenvalue weighted by Gasteiger charge is 2.18. The number of nitrogens with one attached hydrogen (secondary N) is 2. The van der Waals surface area contributed by atoms with Crippen LogP contribution in [0.1, 0.15) is 28.9 Å². The number of amides is 2. The van der Waals surface area contributed by atoms with Crippen LogP contribution in [0.5, 0.6) is 0 Å². The average Bonchev–Trinajstić information content (AvgIpc) is 2.66. The summed E-state index contributed by atoms with van der Waals surface area (Å²) in [6.07, 6.45) is 0. The molecule has 27 heavy (non-hydrogen) atoms. The number of esters is 1. The molecule has 2 amide bonds. The zero-order chi connectivity index (χ0) is 19.4. The van der Waals surface area contributed by atoms with Gasteiger partial charge in [0.25, 0.3) is 5.91 Å². The smallest absolute Gasteiger partial charge is 0.338 e. The second kappa shape index (κ2) is 8.45. The largest absolute Gasteiger partial charge is 0.452 e. The first kappa shape index (κ1) is 19.3. The molecule has 0 unspecified atom stereocenters. The lowest BCUT2D eigenvalue weighted by Gasteiger charge is -2.17. The van der Waals surface area contributed by atoms with Crippen LogP contribution in [-0.4, -0.2) is 30.1 Å². The molecule has 6 nitrogen and oxygen atoms in total. The molecule has 3 rings (SSSR count). The number of carbonyl (C=O) groups is 3. The molecule has 1 heterocycles. The molecule has 0 aromatic heterocycles. The first-order valence-electron chi connectivity index (χ1n) is 8.21. The van der Waals surface area contributed by atoms with Crippen molar-refractivity contribution in [1.82, 2.24) is 5.32 Å². The molecule has 8 heteroatoms. The topological polar surface area (TPSA) is 84.5 Å². The number of hydrogen-bond acceptors (Lipinski definition) is 5. The zero-order valence-corrected chi connectivity index (χ0v) is 16.0. The first-order valence-corrected chi connectivity index (χ1v) is 9.57. The van der Waals surface area contributed by atoms with Gasteiger partial charge in [-0.05, 0) is 42.8 Å². The lowest BCUT2D eigenvalue weighted by atomic mass is 10.1. The monoisotopic (exact) mass is 404 g/mol. The van der Waals surface area contributed by atoms with E-state index in [1.54, 1.807) is 30.3 Å². The minimum atomic E-state index is -0.628. The molecule has 2 aromatic rings. The van der Waals surface area contributed by atoms with Crippen LogP contribution in [0.25, 0.3) is 0 Å². The molecule has 140 valence electrons. The van der Waals surface area contributed by atoms with Crippen LogP contribution < -0.4 is 10.6 Å². The third-order valence-electron chi connectivity index (χ3n) is 3.93. The van der Waals surface area contributed by atoms with Crippen LogP contribution in [0.2, 0.25) is 5.02 Å². The standard InChI is InChI=1S/C19H17ClN2O4S/c1-11(12-2-5-14(20)6-3-12)21-17(23)9-26-19(25)13-4-7-16-15(8-13)22-18(24)10-27-16/h2-8,11H,9-10H2,1H3,(H,21,23)(H,22,24)/t11-/m1/s1. The van der Waals surface area contributed by atoms with E-state index in [2.05, 4.69) is 10.6 Å². The number of rotatable bonds is 5. The lowest BCUT2D eigenvalue weighted by Crippen LogP contribution is -2.31. The van der Waals surface area contributed by atoms with Gasteiger partial charge in [0.05, 0.1) is 23.0 Å². The highest BCUT2D eigenvalue weighted by molar-refractivity contribution is 8.00. The maximum Gasteiger partial charge on any atom is 0.338 e. The van der Waals surface area contributed by atoms with Gasteiger partial charge in [-0.2, -0.15) is 0 Å². The van der Waals surface area contributed by atoms with Gasteiger partial charge in [0, 0.05) is 9.92 Å². The summed E-state index contributed by atoms with van der Waals surface area (Å²) in [5.74, 6) is -0.805. The summed E-state index contributed by atoms with van der Waals surface area (Å²) in [6, 6.07) is 11.8. The Morgan fingerprint density at radius 2 is 2.00 bits per heavy atom. The number of fused-ring (bicyclic) bond motifs is 1. The molecule has 0 aliphatic carbocycles. The van der Waals surface area contributed by atoms with Gasteiger partial charge < -0.3 is 15.4 Å². The molecule has 0 bridgehead atoms. The molecular weight excluding hydrogens is 388 g/mol. The van der Waals surface area contributed by atoms with Gasteiger partial charge in [0.2, 0.25) is 5.91 Å². The van der Waals surface area contributed by atoms with E-state index in [-0.39, 0.29) is 17.5 Å². The van der Waals surface area contributed by atoms with Crippen molar-refractivity contribution < 1.29 is 19.1 Å². The Kier molecular flexibility index (Phi) is 6.03. The zero-order valence-electron chi connectivity index (χ0n) is 14.5. The van der Waals surface area contributed by atoms with Gasteiger partial charge in [-0.25, -0.2) is 4.79 Å². The number of carbonyl (C=O) groups excluding carboxylic acids is 3. The molecule has 0 radical (unpaired) electrons. The van der Waals surface area contributed by atoms with Crippen LogP contribution >= 0.6 is 23.4 Å². The van der Waals surface area contributed by atoms with E-state index in [0.717, 1.165) is 10.5 Å². The Bertz CT molecular complexity index is 886. The van der Waals surface area contributed by atoms with E-state index < -0.39 is 18.5 Å². The summed E-state index contributed by atoms with van der Waals surface area (Å²) >= 11 is 7.25. The van der Waals surface area contributed by atoms with Crippen molar-refractivity contribution in [3.63, 3.8) is 0 Å². The normalized spacial score (nSPS) is 13.9. The number of anilines is 1. The van der Waals surface area contributed by atoms with E-state index in [4.69, 9.17) is 16.3 Å². The second-order valence-electron chi connectivity index (χ2n) is 5.96. The number of hydrogen-bond donors (Lipinski definition) is 2. The van der Waals surface area contributed by atoms with E-state index in [1.807, 2.05) is 19.1 Å². The van der Waals surface area contributed by atoms with Gasteiger partial charge >= 0.3 is 5.97 Å². The fraction of sp³-hybridized carbons (Fsp3) is 0.211. The van der Waals surface area contributed by atoms with Crippen molar-refractivity contribution >= 4 is 46.8 Å². The Morgan fingerprint density at radius 1 is 1.26 bits per heavy atom. The fourth-order valence-corrected chi connectivity index (χ4v) is 3.46. The van der Waals surface area contributed by atoms with Crippen LogP contribution in [0.4, 0.5) is 5.69 Å². The van der Waals surface area contributed by atoms with Gasteiger partial charge in [0.15, 0.2) is 6.61 Å². The molecule has 2 aromatic carbocycles. The Morgan fingerprint density at radius 3 is 2.74 bits per heavy atom. The van der Waals surface area contributed by atoms with E-state index in [9.17, 15) is 14.4 Å². The molecule has 0 fully saturated rings. The minimum Gasteiger partial charge on any atom is -0.452 e. The van der Waals surface area contributed by atoms with Crippen LogP contribution in [0.3, 0.4) is 0 Å². The summed E-state index contributed by atoms with van der Waals surface area (Å²) in [5, 5.41) is 6.09. The maximum absolute atomic E-state index is 12.2. The van der Waals surface area contributed by atoms with Gasteiger partial charge in [-0.1, -0.05) is 23.7 Å². The molecule has 1 aliphatic rings. The number of benzene rings is 2. The Hall–Kier alpha value is -2.51. The molecule has 1 aliphatic heterocycles. The SMILES string of the molecule is C[C@@H](NC(=O)COC(=O)c1ccc2c(c1)NC(=O)CS2)c1ccc(Cl)cc1. The van der Waals surface area contributed by atoms with Crippen molar-refractivity contribution in [3.05, 3.63) is 58.6 Å². The predicted molar refractivity (Wildman–Crippen MR) is 104 cm³/mol. The van der Waals surface area contributed by atoms with Crippen LogP contribution in [0, 0.1) is 0 Å². The highest BCUT2D eigenvalue weighted by Crippen LogP contribution is 2.32. The predicted octanol–water partition coefficient (Wildman–Crippen LogP) is 3.42. The summed E-state index contributed by atoms with van der Waals surface area (Å²) in [6.45, 7) is 1.43. The number of ether oxygens (including phenoxy) is 1. The molecule has 2 N–H and O–H groups in total. The highest BCUT2D eigenvalue weighted by atomic mass is 35.5. The van der Waals surface area contributed by atoms with Crippen molar-refractivity contribution in [3.8, 4) is 0 Å². The quantitative estimate of drug-likeness (QED) is 0.746. The van der Waals surface area contributed by atoms with Crippen molar-refractivity contribution in [2.75, 3.05) is 17.7 Å². The molecular formula is C19H17ClN2O4S. The fourth-order valence-electron chi connectivity index (χ4n) is 2.54. The molecule has 0 saturated heterocycles. The van der Waals surface area contributed by atoms with Gasteiger partial charge in [-0.3, -0.25) is 9.59 Å². The summed E-state index contributed by atoms with van der Waals surface area (Å²) in [7, 11) is 0. The molecule has 1 atom stereocenters. The summed E-state index contributed by atoms with van der Waals surface area (Å²) in [4.78, 5) is 36.5. The number of halogens is 1. The van der Waals surface area contributed by atoms with Gasteiger partial charge in [-0.15, -0.1) is 11.8 Å². The lowest BCUT2D eigenvalue weighted by molar-refractivity contribution is -0.124. The summed E-state index contributed by atoms with van der Waals surface area (Å²) < 4.78 is 5.07. The number of thioether (sulfide) groups is 1. The second-order valence-corrected chi connectivity index (χ2v) is 7.42. The van der Waals surface area contributed by atoms with Crippen molar-refractivity contribution in [1.29, 1.82) is 0 Å². The van der Waals surface area contributed by atoms with E-state index >= 15 is 0 Å². The molecule has 0 spiro atoms. The Balaban J connectivity index is 1.54. The van der Waals surface area contributed by atoms with E-state index in [0.29, 0.717) is 16.5 Å². The third kappa shape index (κ3) is 5.02. The first-order chi connectivity index (χ1) is 12.9. The summed E-state index contributed by atoms with van der Waals surface area (Å²) in [5.41, 5.74) is 1.74. The van der Waals surface area contributed by atoms with Crippen LogP contribution in [-0.2, 0) is 14.3 Å². The minimum absolute atomic E-state index is 0.117. The average molecular weight is 405 g/mol.